The highest BCUT2D eigenvalue weighted by Crippen LogP contribution is 2.23. The van der Waals surface area contributed by atoms with Crippen LogP contribution in [0.15, 0.2) is 35.2 Å². The number of hydrogen-bond acceptors (Lipinski definition) is 4. The minimum Gasteiger partial charge on any atom is -0.456 e. The number of ether oxygens (including phenoxy) is 1. The van der Waals surface area contributed by atoms with E-state index >= 15 is 0 Å². The summed E-state index contributed by atoms with van der Waals surface area (Å²) in [6.07, 6.45) is 0.271. The van der Waals surface area contributed by atoms with Crippen LogP contribution in [-0.2, 0) is 14.3 Å². The SMILES string of the molecule is Cc1cc(C)c(NC(=O)COC(=O)CCSc2ccc(C)c(C)c2)c(C)c1. The Balaban J connectivity index is 1.75. The van der Waals surface area contributed by atoms with Crippen LogP contribution in [0.1, 0.15) is 34.2 Å². The largest absolute Gasteiger partial charge is 0.456 e. The summed E-state index contributed by atoms with van der Waals surface area (Å²) in [4.78, 5) is 25.1. The van der Waals surface area contributed by atoms with Gasteiger partial charge >= 0.3 is 5.97 Å². The molecule has 5 heteroatoms. The molecule has 0 radical (unpaired) electrons. The lowest BCUT2D eigenvalue weighted by Gasteiger charge is -2.13. The fourth-order valence-electron chi connectivity index (χ4n) is 2.83. The normalized spacial score (nSPS) is 10.6. The predicted octanol–water partition coefficient (Wildman–Crippen LogP) is 4.89. The van der Waals surface area contributed by atoms with Crippen molar-refractivity contribution in [3.63, 3.8) is 0 Å². The molecule has 0 unspecified atom stereocenters. The number of carbonyl (C=O) groups excluding carboxylic acids is 2. The van der Waals surface area contributed by atoms with Gasteiger partial charge in [0.15, 0.2) is 6.61 Å². The Hall–Kier alpha value is -2.27. The number of rotatable bonds is 7. The Morgan fingerprint density at radius 3 is 2.22 bits per heavy atom. The summed E-state index contributed by atoms with van der Waals surface area (Å²) in [6, 6.07) is 10.3. The third-order valence-corrected chi connectivity index (χ3v) is 5.35. The number of nitrogens with one attached hydrogen (secondary N) is 1. The van der Waals surface area contributed by atoms with Crippen molar-refractivity contribution in [2.24, 2.45) is 0 Å². The van der Waals surface area contributed by atoms with Crippen LogP contribution in [0.5, 0.6) is 0 Å². The van der Waals surface area contributed by atoms with E-state index in [2.05, 4.69) is 37.4 Å². The van der Waals surface area contributed by atoms with E-state index in [9.17, 15) is 9.59 Å². The van der Waals surface area contributed by atoms with Gasteiger partial charge in [0, 0.05) is 16.3 Å². The van der Waals surface area contributed by atoms with Crippen LogP contribution in [0.4, 0.5) is 5.69 Å². The quantitative estimate of drug-likeness (QED) is 0.544. The number of hydrogen-bond donors (Lipinski definition) is 1. The first-order valence-corrected chi connectivity index (χ1v) is 9.98. The third kappa shape index (κ3) is 6.43. The topological polar surface area (TPSA) is 55.4 Å². The molecule has 0 atom stereocenters. The van der Waals surface area contributed by atoms with Gasteiger partial charge in [-0.25, -0.2) is 0 Å². The van der Waals surface area contributed by atoms with E-state index in [0.29, 0.717) is 5.75 Å². The van der Waals surface area contributed by atoms with Gasteiger partial charge in [-0.05, 0) is 69.0 Å². The molecule has 144 valence electrons. The maximum atomic E-state index is 12.1. The number of benzene rings is 2. The van der Waals surface area contributed by atoms with Crippen LogP contribution in [-0.4, -0.2) is 24.2 Å². The van der Waals surface area contributed by atoms with Crippen molar-refractivity contribution < 1.29 is 14.3 Å². The van der Waals surface area contributed by atoms with Crippen molar-refractivity contribution in [3.8, 4) is 0 Å². The zero-order chi connectivity index (χ0) is 20.0. The van der Waals surface area contributed by atoms with Crippen molar-refractivity contribution in [2.45, 2.75) is 45.9 Å². The highest BCUT2D eigenvalue weighted by molar-refractivity contribution is 7.99. The van der Waals surface area contributed by atoms with Gasteiger partial charge < -0.3 is 10.1 Å². The van der Waals surface area contributed by atoms with Crippen LogP contribution in [0.2, 0.25) is 0 Å². The standard InChI is InChI=1S/C22H27NO3S/c1-14-10-17(4)22(18(5)11-14)23-20(24)13-26-21(25)8-9-27-19-7-6-15(2)16(3)12-19/h6-7,10-12H,8-9,13H2,1-5H3,(H,23,24). The fourth-order valence-corrected chi connectivity index (χ4v) is 3.76. The van der Waals surface area contributed by atoms with Gasteiger partial charge in [-0.1, -0.05) is 23.8 Å². The van der Waals surface area contributed by atoms with Gasteiger partial charge in [0.1, 0.15) is 0 Å². The molecule has 0 saturated heterocycles. The summed E-state index contributed by atoms with van der Waals surface area (Å²) >= 11 is 1.61. The minimum atomic E-state index is -0.362. The van der Waals surface area contributed by atoms with Crippen LogP contribution < -0.4 is 5.32 Å². The van der Waals surface area contributed by atoms with Crippen molar-refractivity contribution in [1.82, 2.24) is 0 Å². The molecule has 2 rings (SSSR count). The molecule has 0 fully saturated rings. The molecule has 0 spiro atoms. The average Bonchev–Trinajstić information content (AvgIpc) is 2.59. The Morgan fingerprint density at radius 1 is 0.926 bits per heavy atom. The van der Waals surface area contributed by atoms with Crippen molar-refractivity contribution >= 4 is 29.3 Å². The van der Waals surface area contributed by atoms with E-state index in [1.165, 1.54) is 11.1 Å². The molecule has 1 N–H and O–H groups in total. The lowest BCUT2D eigenvalue weighted by atomic mass is 10.1. The second-order valence-corrected chi connectivity index (χ2v) is 8.00. The van der Waals surface area contributed by atoms with E-state index in [-0.39, 0.29) is 24.9 Å². The molecule has 1 amide bonds. The maximum Gasteiger partial charge on any atom is 0.307 e. The maximum absolute atomic E-state index is 12.1. The Kier molecular flexibility index (Phi) is 7.48. The molecular formula is C22H27NO3S. The van der Waals surface area contributed by atoms with E-state index < -0.39 is 0 Å². The van der Waals surface area contributed by atoms with E-state index in [0.717, 1.165) is 27.3 Å². The van der Waals surface area contributed by atoms with Gasteiger partial charge in [-0.3, -0.25) is 9.59 Å². The summed E-state index contributed by atoms with van der Waals surface area (Å²) < 4.78 is 5.10. The molecular weight excluding hydrogens is 358 g/mol. The van der Waals surface area contributed by atoms with Gasteiger partial charge in [0.2, 0.25) is 0 Å². The second kappa shape index (κ2) is 9.60. The van der Waals surface area contributed by atoms with Gasteiger partial charge in [0.05, 0.1) is 6.42 Å². The summed E-state index contributed by atoms with van der Waals surface area (Å²) in [5.74, 6) is -0.0573. The first-order chi connectivity index (χ1) is 12.8. The smallest absolute Gasteiger partial charge is 0.307 e. The number of thioether (sulfide) groups is 1. The highest BCUT2D eigenvalue weighted by Gasteiger charge is 2.11. The predicted molar refractivity (Wildman–Crippen MR) is 111 cm³/mol. The highest BCUT2D eigenvalue weighted by atomic mass is 32.2. The first kappa shape index (κ1) is 21.0. The number of anilines is 1. The van der Waals surface area contributed by atoms with E-state index in [1.54, 1.807) is 11.8 Å². The second-order valence-electron chi connectivity index (χ2n) is 6.83. The van der Waals surface area contributed by atoms with Crippen LogP contribution in [0, 0.1) is 34.6 Å². The molecule has 0 bridgehead atoms. The molecule has 0 aliphatic rings. The van der Waals surface area contributed by atoms with E-state index in [4.69, 9.17) is 4.74 Å². The minimum absolute atomic E-state index is 0.264. The van der Waals surface area contributed by atoms with E-state index in [1.807, 2.05) is 32.9 Å². The molecule has 0 saturated carbocycles. The van der Waals surface area contributed by atoms with Crippen LogP contribution in [0.3, 0.4) is 0 Å². The number of esters is 1. The summed E-state index contributed by atoms with van der Waals surface area (Å²) in [5.41, 5.74) is 6.42. The Labute approximate surface area is 165 Å². The molecule has 0 heterocycles. The molecule has 4 nitrogen and oxygen atoms in total. The van der Waals surface area contributed by atoms with Gasteiger partial charge in [0.25, 0.3) is 5.91 Å². The van der Waals surface area contributed by atoms with Crippen molar-refractivity contribution in [1.29, 1.82) is 0 Å². The van der Waals surface area contributed by atoms with Crippen LogP contribution in [0.25, 0.3) is 0 Å². The van der Waals surface area contributed by atoms with Gasteiger partial charge in [-0.15, -0.1) is 11.8 Å². The summed E-state index contributed by atoms with van der Waals surface area (Å²) in [7, 11) is 0. The molecule has 2 aromatic rings. The fraction of sp³-hybridized carbons (Fsp3) is 0.364. The van der Waals surface area contributed by atoms with Crippen molar-refractivity contribution in [3.05, 3.63) is 58.1 Å². The lowest BCUT2D eigenvalue weighted by molar-refractivity contribution is -0.146. The summed E-state index contributed by atoms with van der Waals surface area (Å²) in [6.45, 7) is 9.80. The molecule has 0 aliphatic heterocycles. The number of carbonyl (C=O) groups is 2. The first-order valence-electron chi connectivity index (χ1n) is 8.99. The molecule has 27 heavy (non-hydrogen) atoms. The molecule has 0 aliphatic carbocycles. The monoisotopic (exact) mass is 385 g/mol. The lowest BCUT2D eigenvalue weighted by Crippen LogP contribution is -2.22. The zero-order valence-electron chi connectivity index (χ0n) is 16.6. The average molecular weight is 386 g/mol. The third-order valence-electron chi connectivity index (χ3n) is 4.36. The van der Waals surface area contributed by atoms with Gasteiger partial charge in [-0.2, -0.15) is 0 Å². The molecule has 0 aromatic heterocycles. The summed E-state index contributed by atoms with van der Waals surface area (Å²) in [5, 5.41) is 2.83. The number of aryl methyl sites for hydroxylation is 5. The zero-order valence-corrected chi connectivity index (χ0v) is 17.5. The van der Waals surface area contributed by atoms with Crippen LogP contribution >= 0.6 is 11.8 Å². The molecule has 2 aromatic carbocycles. The Morgan fingerprint density at radius 2 is 1.59 bits per heavy atom. The van der Waals surface area contributed by atoms with Crippen molar-refractivity contribution in [2.75, 3.05) is 17.7 Å². The number of amides is 1. The Bertz CT molecular complexity index is 822.